The summed E-state index contributed by atoms with van der Waals surface area (Å²) < 4.78 is 4.84. The van der Waals surface area contributed by atoms with E-state index in [1.165, 1.54) is 7.11 Å². The highest BCUT2D eigenvalue weighted by atomic mass is 16.5. The minimum Gasteiger partial charge on any atom is -0.469 e. The van der Waals surface area contributed by atoms with E-state index < -0.39 is 0 Å². The van der Waals surface area contributed by atoms with E-state index in [9.17, 15) is 4.79 Å². The fraction of sp³-hybridized carbons (Fsp3) is 0.545. The van der Waals surface area contributed by atoms with Crippen molar-refractivity contribution in [2.24, 2.45) is 5.41 Å². The summed E-state index contributed by atoms with van der Waals surface area (Å²) in [7, 11) is 1.46. The Morgan fingerprint density at radius 1 is 1.67 bits per heavy atom. The number of aromatic amines is 1. The minimum atomic E-state index is -0.286. The van der Waals surface area contributed by atoms with Gasteiger partial charge in [-0.05, 0) is 18.9 Å². The van der Waals surface area contributed by atoms with Gasteiger partial charge in [-0.1, -0.05) is 6.42 Å². The molecule has 2 N–H and O–H groups in total. The van der Waals surface area contributed by atoms with Crippen molar-refractivity contribution in [2.45, 2.75) is 19.3 Å². The van der Waals surface area contributed by atoms with Crippen molar-refractivity contribution in [3.05, 3.63) is 18.5 Å². The number of aromatic nitrogens is 1. The van der Waals surface area contributed by atoms with Crippen molar-refractivity contribution < 1.29 is 9.53 Å². The summed E-state index contributed by atoms with van der Waals surface area (Å²) in [6.07, 6.45) is 6.70. The van der Waals surface area contributed by atoms with Gasteiger partial charge in [0.1, 0.15) is 0 Å². The maximum Gasteiger partial charge on any atom is 0.313 e. The van der Waals surface area contributed by atoms with Crippen LogP contribution in [0.25, 0.3) is 0 Å². The maximum absolute atomic E-state index is 11.6. The lowest BCUT2D eigenvalue weighted by Gasteiger charge is -2.38. The van der Waals surface area contributed by atoms with Gasteiger partial charge in [0.15, 0.2) is 0 Å². The number of rotatable bonds is 4. The predicted molar refractivity (Wildman–Crippen MR) is 57.6 cm³/mol. The second kappa shape index (κ2) is 3.96. The molecule has 1 fully saturated rings. The van der Waals surface area contributed by atoms with Crippen molar-refractivity contribution in [1.29, 1.82) is 0 Å². The number of methoxy groups -OCH3 is 1. The van der Waals surface area contributed by atoms with E-state index in [0.717, 1.165) is 24.9 Å². The molecule has 1 aromatic heterocycles. The average molecular weight is 208 g/mol. The van der Waals surface area contributed by atoms with Crippen molar-refractivity contribution in [3.8, 4) is 0 Å². The van der Waals surface area contributed by atoms with Gasteiger partial charge >= 0.3 is 5.97 Å². The Kier molecular flexibility index (Phi) is 2.66. The number of esters is 1. The Balaban J connectivity index is 1.94. The molecule has 4 nitrogen and oxygen atoms in total. The van der Waals surface area contributed by atoms with Gasteiger partial charge in [-0.2, -0.15) is 0 Å². The molecule has 0 amide bonds. The van der Waals surface area contributed by atoms with Crippen molar-refractivity contribution in [1.82, 2.24) is 4.98 Å². The van der Waals surface area contributed by atoms with Crippen LogP contribution in [0.1, 0.15) is 19.3 Å². The molecule has 0 spiro atoms. The largest absolute Gasteiger partial charge is 0.469 e. The molecule has 4 heteroatoms. The van der Waals surface area contributed by atoms with E-state index in [-0.39, 0.29) is 11.4 Å². The van der Waals surface area contributed by atoms with E-state index in [2.05, 4.69) is 10.3 Å². The Bertz CT molecular complexity index is 328. The number of anilines is 1. The van der Waals surface area contributed by atoms with Crippen LogP contribution >= 0.6 is 0 Å². The highest BCUT2D eigenvalue weighted by Gasteiger charge is 2.45. The van der Waals surface area contributed by atoms with Gasteiger partial charge < -0.3 is 15.0 Å². The molecule has 1 aliphatic rings. The summed E-state index contributed by atoms with van der Waals surface area (Å²) in [5.74, 6) is -0.0863. The third kappa shape index (κ3) is 1.84. The number of nitrogens with one attached hydrogen (secondary N) is 2. The van der Waals surface area contributed by atoms with Crippen LogP contribution in [0, 0.1) is 5.41 Å². The summed E-state index contributed by atoms with van der Waals surface area (Å²) in [5, 5.41) is 3.25. The molecule has 1 aliphatic carbocycles. The number of H-pyrrole nitrogens is 1. The third-order valence-corrected chi connectivity index (χ3v) is 3.16. The second-order valence-electron chi connectivity index (χ2n) is 4.08. The Morgan fingerprint density at radius 3 is 2.93 bits per heavy atom. The van der Waals surface area contributed by atoms with Crippen LogP contribution in [0.4, 0.5) is 5.69 Å². The van der Waals surface area contributed by atoms with Crippen molar-refractivity contribution >= 4 is 11.7 Å². The first-order chi connectivity index (χ1) is 7.27. The minimum absolute atomic E-state index is 0.0863. The van der Waals surface area contributed by atoms with Crippen LogP contribution in [0.3, 0.4) is 0 Å². The number of carbonyl (C=O) groups excluding carboxylic acids is 1. The third-order valence-electron chi connectivity index (χ3n) is 3.16. The summed E-state index contributed by atoms with van der Waals surface area (Å²) in [5.41, 5.74) is 0.733. The molecule has 0 bridgehead atoms. The lowest BCUT2D eigenvalue weighted by atomic mass is 9.68. The monoisotopic (exact) mass is 208 g/mol. The quantitative estimate of drug-likeness (QED) is 0.741. The summed E-state index contributed by atoms with van der Waals surface area (Å²) in [6, 6.07) is 1.95. The van der Waals surface area contributed by atoms with E-state index in [1.807, 2.05) is 18.5 Å². The maximum atomic E-state index is 11.6. The molecule has 82 valence electrons. The lowest BCUT2D eigenvalue weighted by molar-refractivity contribution is -0.157. The number of ether oxygens (including phenoxy) is 1. The normalized spacial score (nSPS) is 17.9. The molecule has 15 heavy (non-hydrogen) atoms. The van der Waals surface area contributed by atoms with Crippen LogP contribution in [-0.4, -0.2) is 24.6 Å². The molecule has 0 saturated heterocycles. The average Bonchev–Trinajstić information content (AvgIpc) is 2.68. The topological polar surface area (TPSA) is 54.1 Å². The molecule has 0 aliphatic heterocycles. The summed E-state index contributed by atoms with van der Waals surface area (Å²) in [4.78, 5) is 14.6. The van der Waals surface area contributed by atoms with E-state index in [1.54, 1.807) is 0 Å². The van der Waals surface area contributed by atoms with Crippen LogP contribution in [0.5, 0.6) is 0 Å². The molecule has 1 aromatic rings. The van der Waals surface area contributed by atoms with Gasteiger partial charge in [-0.25, -0.2) is 0 Å². The van der Waals surface area contributed by atoms with Crippen molar-refractivity contribution in [3.63, 3.8) is 0 Å². The van der Waals surface area contributed by atoms with Gasteiger partial charge in [0, 0.05) is 18.9 Å². The van der Waals surface area contributed by atoms with Gasteiger partial charge in [-0.15, -0.1) is 0 Å². The second-order valence-corrected chi connectivity index (χ2v) is 4.08. The van der Waals surface area contributed by atoms with Crippen LogP contribution in [0.2, 0.25) is 0 Å². The van der Waals surface area contributed by atoms with Crippen LogP contribution in [-0.2, 0) is 9.53 Å². The number of carbonyl (C=O) groups is 1. The van der Waals surface area contributed by atoms with Gasteiger partial charge in [0.05, 0.1) is 18.2 Å². The molecule has 0 aromatic carbocycles. The fourth-order valence-corrected chi connectivity index (χ4v) is 1.98. The molecular weight excluding hydrogens is 192 g/mol. The summed E-state index contributed by atoms with van der Waals surface area (Å²) >= 11 is 0. The molecule has 2 rings (SSSR count). The predicted octanol–water partition coefficient (Wildman–Crippen LogP) is 1.77. The lowest BCUT2D eigenvalue weighted by Crippen LogP contribution is -2.44. The zero-order chi connectivity index (χ0) is 10.7. The van der Waals surface area contributed by atoms with Crippen molar-refractivity contribution in [2.75, 3.05) is 19.0 Å². The SMILES string of the molecule is COC(=O)C1(CNc2cc[nH]c2)CCC1. The molecular formula is C11H16N2O2. The number of hydrogen-bond acceptors (Lipinski definition) is 3. The van der Waals surface area contributed by atoms with E-state index in [4.69, 9.17) is 4.74 Å². The molecule has 0 unspecified atom stereocenters. The highest BCUT2D eigenvalue weighted by Crippen LogP contribution is 2.41. The van der Waals surface area contributed by atoms with E-state index in [0.29, 0.717) is 6.54 Å². The van der Waals surface area contributed by atoms with Crippen LogP contribution < -0.4 is 5.32 Å². The Hall–Kier alpha value is -1.45. The molecule has 1 saturated carbocycles. The molecule has 0 atom stereocenters. The Morgan fingerprint density at radius 2 is 2.47 bits per heavy atom. The Labute approximate surface area is 89.0 Å². The fourth-order valence-electron chi connectivity index (χ4n) is 1.98. The number of hydrogen-bond donors (Lipinski definition) is 2. The van der Waals surface area contributed by atoms with Gasteiger partial charge in [-0.3, -0.25) is 4.79 Å². The first-order valence-corrected chi connectivity index (χ1v) is 5.22. The zero-order valence-electron chi connectivity index (χ0n) is 8.88. The standard InChI is InChI=1S/C11H16N2O2/c1-15-10(14)11(4-2-5-11)8-13-9-3-6-12-7-9/h3,6-7,12-13H,2,4-5,8H2,1H3. The van der Waals surface area contributed by atoms with Gasteiger partial charge in [0.2, 0.25) is 0 Å². The molecule has 1 heterocycles. The zero-order valence-corrected chi connectivity index (χ0v) is 8.88. The molecule has 0 radical (unpaired) electrons. The van der Waals surface area contributed by atoms with Gasteiger partial charge in [0.25, 0.3) is 0 Å². The first-order valence-electron chi connectivity index (χ1n) is 5.22. The highest BCUT2D eigenvalue weighted by molar-refractivity contribution is 5.78. The smallest absolute Gasteiger partial charge is 0.313 e. The first kappa shape index (κ1) is 10.1. The van der Waals surface area contributed by atoms with Crippen LogP contribution in [0.15, 0.2) is 18.5 Å². The summed E-state index contributed by atoms with van der Waals surface area (Å²) in [6.45, 7) is 0.664. The van der Waals surface area contributed by atoms with E-state index >= 15 is 0 Å².